The van der Waals surface area contributed by atoms with Crippen molar-refractivity contribution in [3.8, 4) is 11.3 Å². The lowest BCUT2D eigenvalue weighted by atomic mass is 9.99. The van der Waals surface area contributed by atoms with E-state index in [0.717, 1.165) is 38.1 Å². The second-order valence-electron chi connectivity index (χ2n) is 6.01. The molecule has 0 saturated carbocycles. The Kier molecular flexibility index (Phi) is 4.37. The topological polar surface area (TPSA) is 33.2 Å². The lowest BCUT2D eigenvalue weighted by Crippen LogP contribution is -2.38. The number of carbonyl (C=O) groups excluding carboxylic acids is 1. The van der Waals surface area contributed by atoms with Crippen molar-refractivity contribution < 1.29 is 13.6 Å². The number of piperidine rings is 1. The number of likely N-dealkylation sites (tertiary alicyclic amines) is 1. The number of benzene rings is 1. The number of pyridine rings is 1. The van der Waals surface area contributed by atoms with Crippen molar-refractivity contribution in [2.24, 2.45) is 5.92 Å². The Labute approximate surface area is 134 Å². The zero-order valence-electron chi connectivity index (χ0n) is 12.9. The molecule has 3 rings (SSSR count). The first kappa shape index (κ1) is 15.6. The normalized spacial score (nSPS) is 15.7. The Morgan fingerprint density at radius 1 is 1.13 bits per heavy atom. The molecule has 23 heavy (non-hydrogen) atoms. The molecule has 0 bridgehead atoms. The lowest BCUT2D eigenvalue weighted by Gasteiger charge is -2.30. The van der Waals surface area contributed by atoms with Gasteiger partial charge in [0, 0.05) is 18.7 Å². The summed E-state index contributed by atoms with van der Waals surface area (Å²) in [5.41, 5.74) is 1.24. The van der Waals surface area contributed by atoms with Crippen molar-refractivity contribution in [1.82, 2.24) is 9.88 Å². The monoisotopic (exact) mass is 316 g/mol. The molecule has 1 fully saturated rings. The fourth-order valence-electron chi connectivity index (χ4n) is 2.74. The minimum atomic E-state index is -0.925. The highest BCUT2D eigenvalue weighted by atomic mass is 19.2. The number of nitrogens with zero attached hydrogens (tertiary/aromatic N) is 2. The smallest absolute Gasteiger partial charge is 0.272 e. The maximum Gasteiger partial charge on any atom is 0.272 e. The molecular weight excluding hydrogens is 298 g/mol. The first-order chi connectivity index (χ1) is 11.0. The minimum Gasteiger partial charge on any atom is -0.337 e. The predicted molar refractivity (Wildman–Crippen MR) is 83.9 cm³/mol. The van der Waals surface area contributed by atoms with E-state index in [0.29, 0.717) is 22.9 Å². The summed E-state index contributed by atoms with van der Waals surface area (Å²) in [4.78, 5) is 18.7. The van der Waals surface area contributed by atoms with Gasteiger partial charge in [0.2, 0.25) is 0 Å². The van der Waals surface area contributed by atoms with Gasteiger partial charge in [-0.3, -0.25) is 4.79 Å². The van der Waals surface area contributed by atoms with Crippen molar-refractivity contribution in [1.29, 1.82) is 0 Å². The summed E-state index contributed by atoms with van der Waals surface area (Å²) in [5, 5.41) is 0. The molecule has 1 aliphatic heterocycles. The number of halogens is 2. The Hall–Kier alpha value is -2.30. The third-order valence-electron chi connectivity index (χ3n) is 4.25. The highest BCUT2D eigenvalue weighted by Gasteiger charge is 2.22. The zero-order valence-corrected chi connectivity index (χ0v) is 12.9. The highest BCUT2D eigenvalue weighted by molar-refractivity contribution is 5.93. The van der Waals surface area contributed by atoms with Crippen molar-refractivity contribution >= 4 is 5.91 Å². The molecule has 3 nitrogen and oxygen atoms in total. The number of aromatic nitrogens is 1. The standard InChI is InChI=1S/C18H18F2N2O/c1-12-7-9-22(10-8-12)18(23)17-4-2-3-16(21-17)13-5-6-14(19)15(20)11-13/h2-6,11-12H,7-10H2,1H3. The summed E-state index contributed by atoms with van der Waals surface area (Å²) in [6.07, 6.45) is 1.99. The van der Waals surface area contributed by atoms with Crippen LogP contribution in [0.3, 0.4) is 0 Å². The van der Waals surface area contributed by atoms with Gasteiger partial charge in [-0.2, -0.15) is 0 Å². The average Bonchev–Trinajstić information content (AvgIpc) is 2.57. The van der Waals surface area contributed by atoms with Gasteiger partial charge in [0.25, 0.3) is 5.91 Å². The summed E-state index contributed by atoms with van der Waals surface area (Å²) >= 11 is 0. The predicted octanol–water partition coefficient (Wildman–Crippen LogP) is 3.90. The Morgan fingerprint density at radius 3 is 2.57 bits per heavy atom. The number of rotatable bonds is 2. The van der Waals surface area contributed by atoms with E-state index < -0.39 is 11.6 Å². The van der Waals surface area contributed by atoms with Crippen molar-refractivity contribution in [2.75, 3.05) is 13.1 Å². The molecule has 1 amide bonds. The number of hydrogen-bond acceptors (Lipinski definition) is 2. The van der Waals surface area contributed by atoms with Gasteiger partial charge in [0.05, 0.1) is 5.69 Å². The van der Waals surface area contributed by atoms with E-state index >= 15 is 0 Å². The highest BCUT2D eigenvalue weighted by Crippen LogP contribution is 2.22. The summed E-state index contributed by atoms with van der Waals surface area (Å²) in [5.74, 6) is -1.30. The van der Waals surface area contributed by atoms with Gasteiger partial charge in [-0.1, -0.05) is 13.0 Å². The summed E-state index contributed by atoms with van der Waals surface area (Å²) in [6, 6.07) is 8.66. The quantitative estimate of drug-likeness (QED) is 0.842. The van der Waals surface area contributed by atoms with Crippen LogP contribution in [0.25, 0.3) is 11.3 Å². The van der Waals surface area contributed by atoms with Crippen LogP contribution in [0.2, 0.25) is 0 Å². The zero-order chi connectivity index (χ0) is 16.4. The fourth-order valence-corrected chi connectivity index (χ4v) is 2.74. The van der Waals surface area contributed by atoms with Crippen LogP contribution in [-0.4, -0.2) is 28.9 Å². The van der Waals surface area contributed by atoms with Crippen LogP contribution in [0.1, 0.15) is 30.3 Å². The molecule has 0 aliphatic carbocycles. The maximum absolute atomic E-state index is 13.4. The number of hydrogen-bond donors (Lipinski definition) is 0. The van der Waals surface area contributed by atoms with Gasteiger partial charge < -0.3 is 4.90 Å². The van der Waals surface area contributed by atoms with Crippen molar-refractivity contribution in [3.05, 3.63) is 53.7 Å². The minimum absolute atomic E-state index is 0.110. The third kappa shape index (κ3) is 3.38. The first-order valence-corrected chi connectivity index (χ1v) is 7.76. The van der Waals surface area contributed by atoms with E-state index in [4.69, 9.17) is 0 Å². The molecule has 1 aromatic heterocycles. The molecule has 2 heterocycles. The van der Waals surface area contributed by atoms with E-state index in [-0.39, 0.29) is 5.91 Å². The number of amides is 1. The molecule has 1 aliphatic rings. The van der Waals surface area contributed by atoms with Gasteiger partial charge >= 0.3 is 0 Å². The molecule has 1 aromatic carbocycles. The fraction of sp³-hybridized carbons (Fsp3) is 0.333. The second-order valence-corrected chi connectivity index (χ2v) is 6.01. The molecule has 2 aromatic rings. The molecule has 120 valence electrons. The Bertz CT molecular complexity index is 725. The second kappa shape index (κ2) is 6.44. The molecule has 1 saturated heterocycles. The molecule has 0 spiro atoms. The molecular formula is C18H18F2N2O. The number of carbonyl (C=O) groups is 1. The third-order valence-corrected chi connectivity index (χ3v) is 4.25. The van der Waals surface area contributed by atoms with Gasteiger partial charge in [-0.15, -0.1) is 0 Å². The SMILES string of the molecule is CC1CCN(C(=O)c2cccc(-c3ccc(F)c(F)c3)n2)CC1. The lowest BCUT2D eigenvalue weighted by molar-refractivity contribution is 0.0691. The van der Waals surface area contributed by atoms with Crippen LogP contribution in [0, 0.1) is 17.6 Å². The van der Waals surface area contributed by atoms with E-state index in [1.165, 1.54) is 6.07 Å². The van der Waals surface area contributed by atoms with Crippen LogP contribution in [0.4, 0.5) is 8.78 Å². The van der Waals surface area contributed by atoms with E-state index in [2.05, 4.69) is 11.9 Å². The summed E-state index contributed by atoms with van der Waals surface area (Å²) in [7, 11) is 0. The molecule has 0 N–H and O–H groups in total. The van der Waals surface area contributed by atoms with Crippen molar-refractivity contribution in [2.45, 2.75) is 19.8 Å². The summed E-state index contributed by atoms with van der Waals surface area (Å²) in [6.45, 7) is 3.65. The van der Waals surface area contributed by atoms with E-state index in [1.807, 2.05) is 0 Å². The van der Waals surface area contributed by atoms with Crippen LogP contribution >= 0.6 is 0 Å². The molecule has 0 radical (unpaired) electrons. The van der Waals surface area contributed by atoms with Crippen LogP contribution in [-0.2, 0) is 0 Å². The van der Waals surface area contributed by atoms with Crippen LogP contribution < -0.4 is 0 Å². The molecule has 0 atom stereocenters. The molecule has 0 unspecified atom stereocenters. The average molecular weight is 316 g/mol. The Balaban J connectivity index is 1.84. The van der Waals surface area contributed by atoms with Gasteiger partial charge in [-0.05, 0) is 49.1 Å². The van der Waals surface area contributed by atoms with Crippen LogP contribution in [0.5, 0.6) is 0 Å². The van der Waals surface area contributed by atoms with Crippen molar-refractivity contribution in [3.63, 3.8) is 0 Å². The Morgan fingerprint density at radius 2 is 1.87 bits per heavy atom. The van der Waals surface area contributed by atoms with Gasteiger partial charge in [-0.25, -0.2) is 13.8 Å². The van der Waals surface area contributed by atoms with Gasteiger partial charge in [0.15, 0.2) is 11.6 Å². The molecule has 5 heteroatoms. The van der Waals surface area contributed by atoms with Crippen LogP contribution in [0.15, 0.2) is 36.4 Å². The maximum atomic E-state index is 13.4. The van der Waals surface area contributed by atoms with E-state index in [9.17, 15) is 13.6 Å². The first-order valence-electron chi connectivity index (χ1n) is 7.76. The van der Waals surface area contributed by atoms with Gasteiger partial charge in [0.1, 0.15) is 5.69 Å². The largest absolute Gasteiger partial charge is 0.337 e. The van der Waals surface area contributed by atoms with E-state index in [1.54, 1.807) is 23.1 Å². The summed E-state index contributed by atoms with van der Waals surface area (Å²) < 4.78 is 26.4.